The third-order valence-electron chi connectivity index (χ3n) is 2.12. The average molecular weight is 208 g/mol. The number of carbonyl (C=O) groups excluding carboxylic acids is 1. The van der Waals surface area contributed by atoms with Gasteiger partial charge in [-0.15, -0.1) is 0 Å². The summed E-state index contributed by atoms with van der Waals surface area (Å²) < 4.78 is 0. The number of rotatable bonds is 5. The lowest BCUT2D eigenvalue weighted by Gasteiger charge is -2.10. The van der Waals surface area contributed by atoms with Crippen molar-refractivity contribution in [3.8, 4) is 0 Å². The Morgan fingerprint density at radius 1 is 1.60 bits per heavy atom. The second kappa shape index (κ2) is 6.08. The van der Waals surface area contributed by atoms with Crippen molar-refractivity contribution in [1.82, 2.24) is 15.5 Å². The monoisotopic (exact) mass is 208 g/mol. The zero-order valence-electron chi connectivity index (χ0n) is 8.81. The second-order valence-electron chi connectivity index (χ2n) is 3.52. The van der Waals surface area contributed by atoms with Gasteiger partial charge in [0.05, 0.1) is 18.0 Å². The van der Waals surface area contributed by atoms with E-state index < -0.39 is 0 Å². The number of nitrogens with two attached hydrogens (primary N) is 1. The first-order valence-corrected chi connectivity index (χ1v) is 4.99. The highest BCUT2D eigenvalue weighted by molar-refractivity contribution is 5.93. The van der Waals surface area contributed by atoms with Crippen LogP contribution in [0.5, 0.6) is 0 Å². The molecule has 0 bridgehead atoms. The van der Waals surface area contributed by atoms with Gasteiger partial charge in [-0.2, -0.15) is 10.2 Å². The molecule has 1 aromatic rings. The van der Waals surface area contributed by atoms with Gasteiger partial charge in [0.15, 0.2) is 0 Å². The minimum Gasteiger partial charge on any atom is -0.352 e. The van der Waals surface area contributed by atoms with Crippen LogP contribution in [-0.2, 0) is 0 Å². The summed E-state index contributed by atoms with van der Waals surface area (Å²) in [6, 6.07) is 1.63. The summed E-state index contributed by atoms with van der Waals surface area (Å²) in [5.74, 6) is 0.280. The number of hydrogen-bond donors (Lipinski definition) is 2. The van der Waals surface area contributed by atoms with Crippen molar-refractivity contribution < 1.29 is 4.79 Å². The van der Waals surface area contributed by atoms with Crippen LogP contribution in [0.3, 0.4) is 0 Å². The number of nitrogens with one attached hydrogen (secondary N) is 1. The van der Waals surface area contributed by atoms with Crippen molar-refractivity contribution >= 4 is 5.91 Å². The topological polar surface area (TPSA) is 80.9 Å². The highest BCUT2D eigenvalue weighted by Gasteiger charge is 2.07. The maximum Gasteiger partial charge on any atom is 0.252 e. The van der Waals surface area contributed by atoms with E-state index in [4.69, 9.17) is 5.73 Å². The van der Waals surface area contributed by atoms with Gasteiger partial charge < -0.3 is 11.1 Å². The van der Waals surface area contributed by atoms with Gasteiger partial charge in [0.1, 0.15) is 0 Å². The molecule has 3 N–H and O–H groups in total. The van der Waals surface area contributed by atoms with Crippen molar-refractivity contribution in [2.45, 2.75) is 13.3 Å². The normalized spacial score (nSPS) is 12.1. The van der Waals surface area contributed by atoms with Crippen LogP contribution in [0.15, 0.2) is 18.5 Å². The molecule has 0 saturated carbocycles. The average Bonchev–Trinajstić information content (AvgIpc) is 2.27. The molecule has 1 aromatic heterocycles. The van der Waals surface area contributed by atoms with Crippen LogP contribution in [0.25, 0.3) is 0 Å². The van der Waals surface area contributed by atoms with Crippen molar-refractivity contribution in [1.29, 1.82) is 0 Å². The summed E-state index contributed by atoms with van der Waals surface area (Å²) in [6.07, 6.45) is 3.86. The molecular formula is C10H16N4O. The second-order valence-corrected chi connectivity index (χ2v) is 3.52. The Balaban J connectivity index is 2.37. The summed E-state index contributed by atoms with van der Waals surface area (Å²) in [4.78, 5) is 11.5. The van der Waals surface area contributed by atoms with Gasteiger partial charge in [0, 0.05) is 6.54 Å². The quantitative estimate of drug-likeness (QED) is 0.724. The zero-order valence-corrected chi connectivity index (χ0v) is 8.81. The predicted octanol–water partition coefficient (Wildman–Crippen LogP) is 0.191. The SMILES string of the molecule is CC(CCN)CNC(=O)c1ccnnc1. The molecule has 5 nitrogen and oxygen atoms in total. The summed E-state index contributed by atoms with van der Waals surface area (Å²) in [6.45, 7) is 3.34. The molecule has 0 aliphatic heterocycles. The van der Waals surface area contributed by atoms with Crippen LogP contribution in [-0.4, -0.2) is 29.2 Å². The third-order valence-corrected chi connectivity index (χ3v) is 2.12. The Kier molecular flexibility index (Phi) is 4.70. The van der Waals surface area contributed by atoms with E-state index in [9.17, 15) is 4.79 Å². The van der Waals surface area contributed by atoms with E-state index in [0.29, 0.717) is 24.6 Å². The Morgan fingerprint density at radius 2 is 2.40 bits per heavy atom. The molecular weight excluding hydrogens is 192 g/mol. The van der Waals surface area contributed by atoms with Gasteiger partial charge in [-0.3, -0.25) is 4.79 Å². The van der Waals surface area contributed by atoms with E-state index in [0.717, 1.165) is 6.42 Å². The minimum atomic E-state index is -0.117. The molecule has 15 heavy (non-hydrogen) atoms. The van der Waals surface area contributed by atoms with Crippen LogP contribution < -0.4 is 11.1 Å². The molecule has 82 valence electrons. The smallest absolute Gasteiger partial charge is 0.252 e. The van der Waals surface area contributed by atoms with Crippen molar-refractivity contribution in [3.05, 3.63) is 24.0 Å². The molecule has 0 saturated heterocycles. The van der Waals surface area contributed by atoms with Crippen LogP contribution >= 0.6 is 0 Å². The van der Waals surface area contributed by atoms with Crippen LogP contribution in [0.2, 0.25) is 0 Å². The standard InChI is InChI=1S/C10H16N4O/c1-8(2-4-11)6-12-10(15)9-3-5-13-14-7-9/h3,5,7-8H,2,4,6,11H2,1H3,(H,12,15). The lowest BCUT2D eigenvalue weighted by molar-refractivity contribution is 0.0947. The minimum absolute atomic E-state index is 0.117. The van der Waals surface area contributed by atoms with E-state index in [1.165, 1.54) is 12.4 Å². The molecule has 0 radical (unpaired) electrons. The summed E-state index contributed by atoms with van der Waals surface area (Å²) >= 11 is 0. The largest absolute Gasteiger partial charge is 0.352 e. The van der Waals surface area contributed by atoms with Crippen LogP contribution in [0.1, 0.15) is 23.7 Å². The van der Waals surface area contributed by atoms with Gasteiger partial charge in [-0.1, -0.05) is 6.92 Å². The molecule has 1 heterocycles. The number of hydrogen-bond acceptors (Lipinski definition) is 4. The lowest BCUT2D eigenvalue weighted by Crippen LogP contribution is -2.29. The highest BCUT2D eigenvalue weighted by atomic mass is 16.1. The first kappa shape index (κ1) is 11.6. The third kappa shape index (κ3) is 4.03. The molecule has 0 fully saturated rings. The maximum absolute atomic E-state index is 11.5. The molecule has 1 atom stereocenters. The number of amides is 1. The van der Waals surface area contributed by atoms with Gasteiger partial charge in [0.25, 0.3) is 5.91 Å². The van der Waals surface area contributed by atoms with E-state index in [1.807, 2.05) is 0 Å². The lowest BCUT2D eigenvalue weighted by atomic mass is 10.1. The van der Waals surface area contributed by atoms with Gasteiger partial charge in [-0.05, 0) is 24.9 Å². The summed E-state index contributed by atoms with van der Waals surface area (Å²) in [5.41, 5.74) is 5.95. The van der Waals surface area contributed by atoms with E-state index >= 15 is 0 Å². The van der Waals surface area contributed by atoms with Gasteiger partial charge in [0.2, 0.25) is 0 Å². The molecule has 5 heteroatoms. The highest BCUT2D eigenvalue weighted by Crippen LogP contribution is 1.99. The molecule has 1 amide bonds. The first-order valence-electron chi connectivity index (χ1n) is 4.99. The molecule has 1 unspecified atom stereocenters. The van der Waals surface area contributed by atoms with Crippen molar-refractivity contribution in [3.63, 3.8) is 0 Å². The Labute approximate surface area is 89.1 Å². The fraction of sp³-hybridized carbons (Fsp3) is 0.500. The molecule has 0 aromatic carbocycles. The van der Waals surface area contributed by atoms with E-state index in [-0.39, 0.29) is 5.91 Å². The fourth-order valence-electron chi connectivity index (χ4n) is 1.18. The van der Waals surface area contributed by atoms with Crippen LogP contribution in [0.4, 0.5) is 0 Å². The van der Waals surface area contributed by atoms with Crippen LogP contribution in [0, 0.1) is 5.92 Å². The van der Waals surface area contributed by atoms with Crippen molar-refractivity contribution in [2.24, 2.45) is 11.7 Å². The van der Waals surface area contributed by atoms with E-state index in [1.54, 1.807) is 6.07 Å². The Morgan fingerprint density at radius 3 is 3.00 bits per heavy atom. The molecule has 0 aliphatic carbocycles. The number of nitrogens with zero attached hydrogens (tertiary/aromatic N) is 2. The first-order chi connectivity index (χ1) is 7.24. The summed E-state index contributed by atoms with van der Waals surface area (Å²) in [5, 5.41) is 10.1. The van der Waals surface area contributed by atoms with Gasteiger partial charge in [-0.25, -0.2) is 0 Å². The Hall–Kier alpha value is -1.49. The predicted molar refractivity (Wildman–Crippen MR) is 57.2 cm³/mol. The fourth-order valence-corrected chi connectivity index (χ4v) is 1.18. The maximum atomic E-state index is 11.5. The zero-order chi connectivity index (χ0) is 11.1. The number of carbonyl (C=O) groups is 1. The summed E-state index contributed by atoms with van der Waals surface area (Å²) in [7, 11) is 0. The van der Waals surface area contributed by atoms with E-state index in [2.05, 4.69) is 22.4 Å². The molecule has 1 rings (SSSR count). The van der Waals surface area contributed by atoms with Crippen molar-refractivity contribution in [2.75, 3.05) is 13.1 Å². The molecule has 0 spiro atoms. The number of aromatic nitrogens is 2. The van der Waals surface area contributed by atoms with Gasteiger partial charge >= 0.3 is 0 Å². The molecule has 0 aliphatic rings. The Bertz CT molecular complexity index is 302.